The molecule has 0 aliphatic carbocycles. The van der Waals surface area contributed by atoms with Crippen molar-refractivity contribution in [1.82, 2.24) is 10.6 Å². The number of hydrogen-bond donors (Lipinski definition) is 2. The summed E-state index contributed by atoms with van der Waals surface area (Å²) >= 11 is 0. The quantitative estimate of drug-likeness (QED) is 0.698. The highest BCUT2D eigenvalue weighted by atomic mass is 16.5. The number of para-hydroxylation sites is 1. The molecule has 0 atom stereocenters. The van der Waals surface area contributed by atoms with E-state index in [2.05, 4.69) is 10.6 Å². The normalized spacial score (nSPS) is 10.5. The first-order valence-corrected chi connectivity index (χ1v) is 8.39. The molecule has 2 N–H and O–H groups in total. The fourth-order valence-electron chi connectivity index (χ4n) is 2.25. The van der Waals surface area contributed by atoms with Crippen LogP contribution in [0.25, 0.3) is 11.0 Å². The summed E-state index contributed by atoms with van der Waals surface area (Å²) in [7, 11) is 0. The SMILES string of the molecule is CCCNC(=O)NC(=O)COC(=O)c1oc2ccccc2c1COCC. The second-order valence-electron chi connectivity index (χ2n) is 5.42. The average Bonchev–Trinajstić information content (AvgIpc) is 3.01. The van der Waals surface area contributed by atoms with Gasteiger partial charge in [0.15, 0.2) is 6.61 Å². The van der Waals surface area contributed by atoms with E-state index < -0.39 is 24.5 Å². The van der Waals surface area contributed by atoms with Crippen molar-refractivity contribution >= 4 is 28.9 Å². The summed E-state index contributed by atoms with van der Waals surface area (Å²) in [5.74, 6) is -1.53. The lowest BCUT2D eigenvalue weighted by Crippen LogP contribution is -2.41. The van der Waals surface area contributed by atoms with Crippen LogP contribution >= 0.6 is 0 Å². The minimum atomic E-state index is -0.792. The second-order valence-corrected chi connectivity index (χ2v) is 5.42. The van der Waals surface area contributed by atoms with Crippen LogP contribution in [0.5, 0.6) is 0 Å². The minimum Gasteiger partial charge on any atom is -0.450 e. The Morgan fingerprint density at radius 1 is 1.15 bits per heavy atom. The standard InChI is InChI=1S/C18H22N2O6/c1-3-9-19-18(23)20-15(21)11-25-17(22)16-13(10-24-4-2)12-7-5-6-8-14(12)26-16/h5-8H,3-4,9-11H2,1-2H3,(H2,19,20,21,23). The molecular formula is C18H22N2O6. The summed E-state index contributed by atoms with van der Waals surface area (Å²) in [6.45, 7) is 4.24. The van der Waals surface area contributed by atoms with Gasteiger partial charge in [0.1, 0.15) is 5.58 Å². The molecule has 8 heteroatoms. The second kappa shape index (κ2) is 9.57. The van der Waals surface area contributed by atoms with E-state index in [1.807, 2.05) is 26.0 Å². The van der Waals surface area contributed by atoms with Crippen molar-refractivity contribution in [2.75, 3.05) is 19.8 Å². The zero-order chi connectivity index (χ0) is 18.9. The number of hydrogen-bond acceptors (Lipinski definition) is 6. The maximum Gasteiger partial charge on any atom is 0.375 e. The maximum atomic E-state index is 12.3. The van der Waals surface area contributed by atoms with Crippen molar-refractivity contribution in [2.24, 2.45) is 0 Å². The molecule has 1 heterocycles. The van der Waals surface area contributed by atoms with Gasteiger partial charge in [-0.1, -0.05) is 25.1 Å². The molecule has 0 bridgehead atoms. The van der Waals surface area contributed by atoms with Gasteiger partial charge in [-0.2, -0.15) is 0 Å². The van der Waals surface area contributed by atoms with Crippen molar-refractivity contribution in [1.29, 1.82) is 0 Å². The van der Waals surface area contributed by atoms with E-state index in [9.17, 15) is 14.4 Å². The van der Waals surface area contributed by atoms with Gasteiger partial charge >= 0.3 is 12.0 Å². The highest BCUT2D eigenvalue weighted by Crippen LogP contribution is 2.27. The van der Waals surface area contributed by atoms with Gasteiger partial charge in [-0.25, -0.2) is 9.59 Å². The number of fused-ring (bicyclic) bond motifs is 1. The Morgan fingerprint density at radius 3 is 2.65 bits per heavy atom. The Labute approximate surface area is 150 Å². The number of furan rings is 1. The number of carbonyl (C=O) groups is 3. The van der Waals surface area contributed by atoms with Gasteiger partial charge < -0.3 is 19.2 Å². The van der Waals surface area contributed by atoms with Gasteiger partial charge in [-0.05, 0) is 19.4 Å². The first-order valence-electron chi connectivity index (χ1n) is 8.39. The van der Waals surface area contributed by atoms with Crippen LogP contribution in [0.4, 0.5) is 4.79 Å². The van der Waals surface area contributed by atoms with Crippen LogP contribution in [0.2, 0.25) is 0 Å². The van der Waals surface area contributed by atoms with E-state index in [1.165, 1.54) is 0 Å². The molecule has 2 aromatic rings. The number of urea groups is 1. The molecule has 1 aromatic heterocycles. The van der Waals surface area contributed by atoms with Crippen molar-refractivity contribution in [3.63, 3.8) is 0 Å². The van der Waals surface area contributed by atoms with Crippen molar-refractivity contribution in [2.45, 2.75) is 26.9 Å². The largest absolute Gasteiger partial charge is 0.450 e. The molecule has 0 fully saturated rings. The number of nitrogens with one attached hydrogen (secondary N) is 2. The van der Waals surface area contributed by atoms with Crippen molar-refractivity contribution in [3.05, 3.63) is 35.6 Å². The van der Waals surface area contributed by atoms with Crippen LogP contribution in [0.1, 0.15) is 36.4 Å². The van der Waals surface area contributed by atoms with E-state index in [-0.39, 0.29) is 12.4 Å². The topological polar surface area (TPSA) is 107 Å². The third-order valence-corrected chi connectivity index (χ3v) is 3.46. The fourth-order valence-corrected chi connectivity index (χ4v) is 2.25. The first-order chi connectivity index (χ1) is 12.6. The monoisotopic (exact) mass is 362 g/mol. The van der Waals surface area contributed by atoms with Crippen LogP contribution in [0.15, 0.2) is 28.7 Å². The van der Waals surface area contributed by atoms with Gasteiger partial charge in [0.25, 0.3) is 5.91 Å². The minimum absolute atomic E-state index is 0.0112. The molecule has 0 aliphatic heterocycles. The Morgan fingerprint density at radius 2 is 1.92 bits per heavy atom. The summed E-state index contributed by atoms with van der Waals surface area (Å²) in [4.78, 5) is 35.4. The van der Waals surface area contributed by atoms with E-state index in [1.54, 1.807) is 12.1 Å². The van der Waals surface area contributed by atoms with Gasteiger partial charge in [0.05, 0.1) is 6.61 Å². The van der Waals surface area contributed by atoms with Crippen LogP contribution in [0.3, 0.4) is 0 Å². The van der Waals surface area contributed by atoms with Crippen LogP contribution < -0.4 is 10.6 Å². The summed E-state index contributed by atoms with van der Waals surface area (Å²) < 4.78 is 15.9. The number of benzene rings is 1. The molecule has 0 saturated heterocycles. The Bertz CT molecular complexity index is 783. The summed E-state index contributed by atoms with van der Waals surface area (Å²) in [5.41, 5.74) is 1.09. The molecule has 1 aromatic carbocycles. The van der Waals surface area contributed by atoms with Crippen LogP contribution in [-0.4, -0.2) is 37.7 Å². The molecule has 0 aliphatic rings. The van der Waals surface area contributed by atoms with Crippen molar-refractivity contribution < 1.29 is 28.3 Å². The lowest BCUT2D eigenvalue weighted by Gasteiger charge is -2.07. The number of rotatable bonds is 8. The third-order valence-electron chi connectivity index (χ3n) is 3.46. The molecular weight excluding hydrogens is 340 g/mol. The molecule has 8 nitrogen and oxygen atoms in total. The molecule has 26 heavy (non-hydrogen) atoms. The lowest BCUT2D eigenvalue weighted by molar-refractivity contribution is -0.123. The zero-order valence-electron chi connectivity index (χ0n) is 14.8. The van der Waals surface area contributed by atoms with Crippen LogP contribution in [-0.2, 0) is 20.9 Å². The predicted molar refractivity (Wildman–Crippen MR) is 93.7 cm³/mol. The molecule has 3 amide bonds. The first kappa shape index (κ1) is 19.5. The maximum absolute atomic E-state index is 12.3. The smallest absolute Gasteiger partial charge is 0.375 e. The molecule has 0 spiro atoms. The Kier molecular flexibility index (Phi) is 7.16. The summed E-state index contributed by atoms with van der Waals surface area (Å²) in [5, 5.41) is 5.31. The number of esters is 1. The molecule has 0 unspecified atom stereocenters. The number of imide groups is 1. The van der Waals surface area contributed by atoms with Gasteiger partial charge in [-0.15, -0.1) is 0 Å². The summed E-state index contributed by atoms with van der Waals surface area (Å²) in [6, 6.07) is 6.52. The van der Waals surface area contributed by atoms with E-state index >= 15 is 0 Å². The fraction of sp³-hybridized carbons (Fsp3) is 0.389. The highest BCUT2D eigenvalue weighted by Gasteiger charge is 2.22. The Hall–Kier alpha value is -2.87. The molecule has 2 rings (SSSR count). The van der Waals surface area contributed by atoms with E-state index in [4.69, 9.17) is 13.9 Å². The highest BCUT2D eigenvalue weighted by molar-refractivity contribution is 5.98. The van der Waals surface area contributed by atoms with E-state index in [0.29, 0.717) is 24.3 Å². The molecule has 0 radical (unpaired) electrons. The third kappa shape index (κ3) is 5.06. The van der Waals surface area contributed by atoms with Gasteiger partial charge in [0, 0.05) is 24.1 Å². The van der Waals surface area contributed by atoms with Crippen LogP contribution in [0, 0.1) is 0 Å². The molecule has 0 saturated carbocycles. The molecule has 140 valence electrons. The van der Waals surface area contributed by atoms with E-state index in [0.717, 1.165) is 11.8 Å². The number of ether oxygens (including phenoxy) is 2. The summed E-state index contributed by atoms with van der Waals surface area (Å²) in [6.07, 6.45) is 0.741. The number of carbonyl (C=O) groups excluding carboxylic acids is 3. The predicted octanol–water partition coefficient (Wildman–Crippen LogP) is 2.36. The van der Waals surface area contributed by atoms with Gasteiger partial charge in [0.2, 0.25) is 5.76 Å². The Balaban J connectivity index is 2.02. The van der Waals surface area contributed by atoms with Crippen molar-refractivity contribution in [3.8, 4) is 0 Å². The lowest BCUT2D eigenvalue weighted by atomic mass is 10.1. The average molecular weight is 362 g/mol. The van der Waals surface area contributed by atoms with Gasteiger partial charge in [-0.3, -0.25) is 10.1 Å². The number of amides is 3. The zero-order valence-corrected chi connectivity index (χ0v) is 14.8.